The van der Waals surface area contributed by atoms with Crippen LogP contribution in [0.15, 0.2) is 65.8 Å². The topological polar surface area (TPSA) is 41.4 Å². The summed E-state index contributed by atoms with van der Waals surface area (Å²) < 4.78 is 1.95. The molecule has 22 heavy (non-hydrogen) atoms. The monoisotopic (exact) mass is 423 g/mol. The van der Waals surface area contributed by atoms with Crippen molar-refractivity contribution in [3.8, 4) is 0 Å². The molecular weight excluding hydrogens is 405 g/mol. The lowest BCUT2D eigenvalue weighted by Gasteiger charge is -2.09. The number of halogens is 1. The first kappa shape index (κ1) is 17.0. The highest BCUT2D eigenvalue weighted by Crippen LogP contribution is 2.29. The lowest BCUT2D eigenvalue weighted by atomic mass is 9.99. The minimum absolute atomic E-state index is 0. The van der Waals surface area contributed by atoms with Gasteiger partial charge in [0.2, 0.25) is 0 Å². The average molecular weight is 423 g/mol. The van der Waals surface area contributed by atoms with Crippen LogP contribution in [-0.4, -0.2) is 21.8 Å². The summed E-state index contributed by atoms with van der Waals surface area (Å²) in [7, 11) is 0. The molecule has 0 amide bonds. The van der Waals surface area contributed by atoms with Crippen molar-refractivity contribution >= 4 is 22.6 Å². The van der Waals surface area contributed by atoms with Gasteiger partial charge in [-0.15, -0.1) is 4.68 Å². The van der Waals surface area contributed by atoms with E-state index in [2.05, 4.69) is 36.4 Å². The molecule has 0 spiro atoms. The molecule has 0 aromatic heterocycles. The van der Waals surface area contributed by atoms with E-state index in [1.54, 1.807) is 0 Å². The Morgan fingerprint density at radius 3 is 2.27 bits per heavy atom. The van der Waals surface area contributed by atoms with Gasteiger partial charge < -0.3 is 24.0 Å². The van der Waals surface area contributed by atoms with Gasteiger partial charge in [-0.2, -0.15) is 0 Å². The van der Waals surface area contributed by atoms with Gasteiger partial charge in [-0.05, 0) is 29.1 Å². The Morgan fingerprint density at radius 2 is 1.68 bits per heavy atom. The molecule has 0 bridgehead atoms. The van der Waals surface area contributed by atoms with E-state index in [0.29, 0.717) is 0 Å². The van der Waals surface area contributed by atoms with Crippen LogP contribution in [0.25, 0.3) is 0 Å². The summed E-state index contributed by atoms with van der Waals surface area (Å²) in [6, 6.07) is 20.9. The maximum absolute atomic E-state index is 6.14. The predicted molar refractivity (Wildman–Crippen MR) is 89.7 cm³/mol. The van der Waals surface area contributed by atoms with Crippen LogP contribution in [0.2, 0.25) is 0 Å². The van der Waals surface area contributed by atoms with Crippen molar-refractivity contribution < 1.29 is 28.7 Å². The number of nitrogens with zero attached hydrogens (tertiary/aromatic N) is 2. The molecule has 1 atom stereocenters. The lowest BCUT2D eigenvalue weighted by molar-refractivity contribution is -0.565. The molecule has 5 heteroatoms. The smallest absolute Gasteiger partial charge is 0.329 e. The molecule has 3 nitrogen and oxygen atoms in total. The van der Waals surface area contributed by atoms with Crippen LogP contribution in [-0.2, 0) is 0 Å². The van der Waals surface area contributed by atoms with Gasteiger partial charge >= 0.3 is 5.17 Å². The number of hydrazone groups is 1. The van der Waals surface area contributed by atoms with Crippen molar-refractivity contribution in [1.29, 1.82) is 0 Å². The van der Waals surface area contributed by atoms with Crippen molar-refractivity contribution in [1.82, 2.24) is 0 Å². The lowest BCUT2D eigenvalue weighted by Crippen LogP contribution is -3.00. The third-order valence-corrected chi connectivity index (χ3v) is 4.24. The van der Waals surface area contributed by atoms with Gasteiger partial charge in [0.05, 0.1) is 5.71 Å². The van der Waals surface area contributed by atoms with E-state index in [-0.39, 0.29) is 30.0 Å². The molecule has 1 heterocycles. The zero-order valence-corrected chi connectivity index (χ0v) is 15.3. The summed E-state index contributed by atoms with van der Waals surface area (Å²) in [4.78, 5) is 0. The summed E-state index contributed by atoms with van der Waals surface area (Å²) in [6.07, 6.45) is 2.85. The second-order valence-electron chi connectivity index (χ2n) is 4.93. The molecule has 0 aliphatic carbocycles. The fourth-order valence-electron chi connectivity index (χ4n) is 2.55. The summed E-state index contributed by atoms with van der Waals surface area (Å²) >= 11 is 1.53. The molecule has 1 unspecified atom stereocenters. The zero-order valence-electron chi connectivity index (χ0n) is 12.3. The molecule has 0 saturated carbocycles. The Balaban J connectivity index is 0.00000176. The Kier molecular flexibility index (Phi) is 6.02. The van der Waals surface area contributed by atoms with Gasteiger partial charge in [0.25, 0.3) is 0 Å². The van der Waals surface area contributed by atoms with Crippen LogP contribution in [0.3, 0.4) is 0 Å². The molecule has 2 aromatic rings. The predicted octanol–water partition coefficient (Wildman–Crippen LogP) is 0.230. The van der Waals surface area contributed by atoms with E-state index >= 15 is 0 Å². The Morgan fingerprint density at radius 1 is 1.09 bits per heavy atom. The van der Waals surface area contributed by atoms with Gasteiger partial charge in [0.1, 0.15) is 0 Å². The average Bonchev–Trinajstić information content (AvgIpc) is 3.01. The van der Waals surface area contributed by atoms with Crippen molar-refractivity contribution in [2.75, 3.05) is 6.26 Å². The van der Waals surface area contributed by atoms with Gasteiger partial charge in [0.15, 0.2) is 6.04 Å². The largest absolute Gasteiger partial charge is 1.00 e. The number of amidine groups is 1. The number of hydrogen-bond donors (Lipinski definition) is 1. The number of rotatable bonds is 2. The number of benzene rings is 2. The van der Waals surface area contributed by atoms with Crippen molar-refractivity contribution in [3.63, 3.8) is 0 Å². The fourth-order valence-corrected chi connectivity index (χ4v) is 2.90. The number of nitrogens with two attached hydrogens (primary N) is 1. The molecule has 1 aliphatic heterocycles. The molecule has 0 radical (unpaired) electrons. The Hall–Kier alpha value is -1.34. The first-order valence-electron chi connectivity index (χ1n) is 6.93. The fraction of sp³-hybridized carbons (Fsp3) is 0.176. The summed E-state index contributed by atoms with van der Waals surface area (Å²) in [5.41, 5.74) is 9.63. The standard InChI is InChI=1S/C17H17N3S.HI/c1-21-17(18)20-16(14-10-6-3-7-11-14)12-15(19-20)13-8-4-2-5-9-13;/h2-11,16,18H,12H2,1H3;1H. The molecule has 2 aromatic carbocycles. The first-order chi connectivity index (χ1) is 10.3. The van der Waals surface area contributed by atoms with Crippen LogP contribution in [0.1, 0.15) is 23.6 Å². The van der Waals surface area contributed by atoms with E-state index in [0.717, 1.165) is 22.9 Å². The highest BCUT2D eigenvalue weighted by atomic mass is 127. The third kappa shape index (κ3) is 3.52. The number of hydrogen-bond acceptors (Lipinski definition) is 2. The summed E-state index contributed by atoms with van der Waals surface area (Å²) in [6.45, 7) is 0. The van der Waals surface area contributed by atoms with Crippen LogP contribution in [0.4, 0.5) is 0 Å². The maximum atomic E-state index is 6.14. The minimum Gasteiger partial charge on any atom is -1.00 e. The second-order valence-corrected chi connectivity index (χ2v) is 5.76. The Labute approximate surface area is 152 Å². The number of thioether (sulfide) groups is 1. The van der Waals surface area contributed by atoms with E-state index < -0.39 is 0 Å². The van der Waals surface area contributed by atoms with Crippen molar-refractivity contribution in [3.05, 3.63) is 71.8 Å². The molecule has 114 valence electrons. The highest BCUT2D eigenvalue weighted by molar-refractivity contribution is 8.12. The van der Waals surface area contributed by atoms with Crippen molar-refractivity contribution in [2.24, 2.45) is 10.8 Å². The van der Waals surface area contributed by atoms with Gasteiger partial charge in [0, 0.05) is 6.42 Å². The first-order valence-corrected chi connectivity index (χ1v) is 8.15. The highest BCUT2D eigenvalue weighted by Gasteiger charge is 2.32. The molecule has 0 saturated heterocycles. The summed E-state index contributed by atoms with van der Waals surface area (Å²) in [5, 5.41) is 5.49. The Bertz CT molecular complexity index is 684. The summed E-state index contributed by atoms with van der Waals surface area (Å²) in [5.74, 6) is 0. The van der Waals surface area contributed by atoms with E-state index in [1.165, 1.54) is 17.3 Å². The van der Waals surface area contributed by atoms with Gasteiger partial charge in [-0.25, -0.2) is 0 Å². The van der Waals surface area contributed by atoms with Crippen molar-refractivity contribution in [2.45, 2.75) is 12.5 Å². The van der Waals surface area contributed by atoms with Gasteiger partial charge in [-0.1, -0.05) is 65.8 Å². The second kappa shape index (κ2) is 7.78. The zero-order chi connectivity index (χ0) is 14.7. The van der Waals surface area contributed by atoms with Crippen LogP contribution < -0.4 is 29.7 Å². The van der Waals surface area contributed by atoms with Crippen LogP contribution in [0, 0.1) is 0 Å². The van der Waals surface area contributed by atoms with E-state index in [9.17, 15) is 0 Å². The SMILES string of the molecule is CS/C(N)=[N+]1/N=C(c2ccccc2)CC1c1ccccc1.[I-]. The quantitative estimate of drug-likeness (QED) is 0.427. The van der Waals surface area contributed by atoms with E-state index in [4.69, 9.17) is 10.8 Å². The molecular formula is C17H18IN3S. The third-order valence-electron chi connectivity index (χ3n) is 3.64. The van der Waals surface area contributed by atoms with E-state index in [1.807, 2.05) is 35.2 Å². The maximum Gasteiger partial charge on any atom is 0.329 e. The van der Waals surface area contributed by atoms with Crippen LogP contribution >= 0.6 is 11.8 Å². The molecule has 2 N–H and O–H groups in total. The molecule has 0 fully saturated rings. The normalized spacial score (nSPS) is 19.3. The van der Waals surface area contributed by atoms with Gasteiger partial charge in [-0.3, -0.25) is 5.73 Å². The molecule has 3 rings (SSSR count). The van der Waals surface area contributed by atoms with Crippen LogP contribution in [0.5, 0.6) is 0 Å². The molecule has 1 aliphatic rings. The minimum atomic E-state index is 0.